The number of ether oxygens (including phenoxy) is 1. The molecule has 1 heterocycles. The van der Waals surface area contributed by atoms with Gasteiger partial charge in [-0.3, -0.25) is 4.98 Å². The Labute approximate surface area is 158 Å². The van der Waals surface area contributed by atoms with Crippen molar-refractivity contribution in [2.45, 2.75) is 25.1 Å². The van der Waals surface area contributed by atoms with E-state index in [1.807, 2.05) is 0 Å². The molecular weight excluding hydrogens is 375 g/mol. The van der Waals surface area contributed by atoms with Gasteiger partial charge in [-0.15, -0.1) is 0 Å². The van der Waals surface area contributed by atoms with Crippen molar-refractivity contribution in [2.75, 3.05) is 0 Å². The minimum Gasteiger partial charge on any atom is -0.504 e. The van der Waals surface area contributed by atoms with Crippen LogP contribution in [0.5, 0.6) is 11.5 Å². The predicted molar refractivity (Wildman–Crippen MR) is 95.4 cm³/mol. The molecule has 0 radical (unpaired) electrons. The van der Waals surface area contributed by atoms with Crippen LogP contribution in [0.25, 0.3) is 11.6 Å². The van der Waals surface area contributed by atoms with Gasteiger partial charge in [0.05, 0.1) is 23.4 Å². The SMILES string of the molecule is C/C(=C\OC1C=Cc2c(ccc(O)c2O)C1C=O)c1ncccc1C(F)(F)F. The van der Waals surface area contributed by atoms with Crippen molar-refractivity contribution in [1.29, 1.82) is 0 Å². The molecule has 2 unspecified atom stereocenters. The first-order valence-corrected chi connectivity index (χ1v) is 8.27. The van der Waals surface area contributed by atoms with E-state index in [4.69, 9.17) is 4.74 Å². The summed E-state index contributed by atoms with van der Waals surface area (Å²) in [7, 11) is 0. The van der Waals surface area contributed by atoms with Crippen molar-refractivity contribution in [3.63, 3.8) is 0 Å². The lowest BCUT2D eigenvalue weighted by molar-refractivity contribution is -0.138. The maximum absolute atomic E-state index is 13.1. The number of carbonyl (C=O) groups is 1. The van der Waals surface area contributed by atoms with Crippen LogP contribution in [0.3, 0.4) is 0 Å². The number of carbonyl (C=O) groups excluding carboxylic acids is 1. The number of rotatable bonds is 4. The van der Waals surface area contributed by atoms with E-state index in [1.54, 1.807) is 0 Å². The molecule has 3 rings (SSSR count). The van der Waals surface area contributed by atoms with E-state index in [1.165, 1.54) is 43.5 Å². The number of aromatic hydroxyl groups is 2. The van der Waals surface area contributed by atoms with Crippen LogP contribution in [0.15, 0.2) is 42.8 Å². The normalized spacial score (nSPS) is 19.2. The van der Waals surface area contributed by atoms with Gasteiger partial charge in [0.2, 0.25) is 0 Å². The number of hydrogen-bond acceptors (Lipinski definition) is 5. The average Bonchev–Trinajstić information content (AvgIpc) is 2.67. The number of aldehydes is 1. The Hall–Kier alpha value is -3.29. The van der Waals surface area contributed by atoms with Crippen LogP contribution >= 0.6 is 0 Å². The Bertz CT molecular complexity index is 966. The summed E-state index contributed by atoms with van der Waals surface area (Å²) in [4.78, 5) is 15.4. The van der Waals surface area contributed by atoms with Gasteiger partial charge in [0.1, 0.15) is 12.4 Å². The summed E-state index contributed by atoms with van der Waals surface area (Å²) < 4.78 is 45.0. The Balaban J connectivity index is 1.89. The summed E-state index contributed by atoms with van der Waals surface area (Å²) in [6.07, 6.45) is 0.633. The van der Waals surface area contributed by atoms with Crippen LogP contribution in [0.1, 0.15) is 35.2 Å². The average molecular weight is 391 g/mol. The lowest BCUT2D eigenvalue weighted by atomic mass is 9.85. The van der Waals surface area contributed by atoms with Crippen molar-refractivity contribution < 1.29 is 32.9 Å². The van der Waals surface area contributed by atoms with Crippen LogP contribution in [0, 0.1) is 0 Å². The van der Waals surface area contributed by atoms with Gasteiger partial charge in [-0.1, -0.05) is 12.1 Å². The standard InChI is InChI=1S/C20H16F3NO4/c1-11(18-15(20(21,22)23)3-2-8-24-18)10-28-17-7-5-13-12(14(17)9-25)4-6-16(26)19(13)27/h2-10,14,17,26-27H,1H3/b11-10+. The maximum Gasteiger partial charge on any atom is 0.418 e. The highest BCUT2D eigenvalue weighted by atomic mass is 19.4. The summed E-state index contributed by atoms with van der Waals surface area (Å²) in [6.45, 7) is 1.43. The van der Waals surface area contributed by atoms with Crippen LogP contribution in [-0.4, -0.2) is 27.6 Å². The maximum atomic E-state index is 13.1. The van der Waals surface area contributed by atoms with Crippen molar-refractivity contribution in [3.05, 3.63) is 65.2 Å². The lowest BCUT2D eigenvalue weighted by Gasteiger charge is -2.26. The summed E-state index contributed by atoms with van der Waals surface area (Å²) in [5.41, 5.74) is -0.269. The Morgan fingerprint density at radius 1 is 1.25 bits per heavy atom. The molecule has 0 saturated carbocycles. The number of allylic oxidation sites excluding steroid dienone is 1. The van der Waals surface area contributed by atoms with Gasteiger partial charge in [-0.2, -0.15) is 13.2 Å². The molecule has 1 aromatic carbocycles. The molecule has 0 aliphatic heterocycles. The fourth-order valence-corrected chi connectivity index (χ4v) is 3.03. The minimum atomic E-state index is -4.56. The van der Waals surface area contributed by atoms with E-state index >= 15 is 0 Å². The van der Waals surface area contributed by atoms with E-state index in [2.05, 4.69) is 4.98 Å². The highest BCUT2D eigenvalue weighted by Crippen LogP contribution is 2.40. The molecule has 0 fully saturated rings. The molecule has 0 bridgehead atoms. The van der Waals surface area contributed by atoms with Crippen molar-refractivity contribution in [2.24, 2.45) is 0 Å². The monoisotopic (exact) mass is 391 g/mol. The second-order valence-electron chi connectivity index (χ2n) is 6.26. The summed E-state index contributed by atoms with van der Waals surface area (Å²) in [5.74, 6) is -1.48. The molecule has 8 heteroatoms. The molecule has 2 N–H and O–H groups in total. The van der Waals surface area contributed by atoms with Gasteiger partial charge >= 0.3 is 6.18 Å². The first-order valence-electron chi connectivity index (χ1n) is 8.27. The molecule has 5 nitrogen and oxygen atoms in total. The first-order chi connectivity index (χ1) is 13.2. The molecule has 0 amide bonds. The molecule has 2 atom stereocenters. The third kappa shape index (κ3) is 3.58. The molecule has 1 aliphatic rings. The Kier molecular flexibility index (Phi) is 5.13. The van der Waals surface area contributed by atoms with Crippen LogP contribution in [0.4, 0.5) is 13.2 Å². The minimum absolute atomic E-state index is 0.144. The van der Waals surface area contributed by atoms with Crippen molar-refractivity contribution in [3.8, 4) is 11.5 Å². The van der Waals surface area contributed by atoms with E-state index in [0.717, 1.165) is 12.3 Å². The number of benzene rings is 1. The number of pyridine rings is 1. The Morgan fingerprint density at radius 2 is 2.00 bits per heavy atom. The molecule has 0 spiro atoms. The summed E-state index contributed by atoms with van der Waals surface area (Å²) >= 11 is 0. The predicted octanol–water partition coefficient (Wildman–Crippen LogP) is 4.27. The molecule has 0 saturated heterocycles. The number of fused-ring (bicyclic) bond motifs is 1. The molecule has 28 heavy (non-hydrogen) atoms. The zero-order valence-electron chi connectivity index (χ0n) is 14.6. The Morgan fingerprint density at radius 3 is 2.68 bits per heavy atom. The van der Waals surface area contributed by atoms with Gasteiger partial charge < -0.3 is 19.7 Å². The molecular formula is C20H16F3NO4. The highest BCUT2D eigenvalue weighted by molar-refractivity contribution is 5.76. The number of alkyl halides is 3. The van der Waals surface area contributed by atoms with Crippen LogP contribution < -0.4 is 0 Å². The highest BCUT2D eigenvalue weighted by Gasteiger charge is 2.34. The second kappa shape index (κ2) is 7.38. The zero-order chi connectivity index (χ0) is 20.5. The number of nitrogens with zero attached hydrogens (tertiary/aromatic N) is 1. The zero-order valence-corrected chi connectivity index (χ0v) is 14.6. The van der Waals surface area contributed by atoms with E-state index in [-0.39, 0.29) is 22.8 Å². The topological polar surface area (TPSA) is 79.6 Å². The number of aromatic nitrogens is 1. The van der Waals surface area contributed by atoms with E-state index in [0.29, 0.717) is 17.4 Å². The molecule has 2 aromatic rings. The van der Waals surface area contributed by atoms with Gasteiger partial charge in [0.15, 0.2) is 11.5 Å². The van der Waals surface area contributed by atoms with Crippen molar-refractivity contribution in [1.82, 2.24) is 4.98 Å². The number of phenolic OH excluding ortho intramolecular Hbond substituents is 2. The van der Waals surface area contributed by atoms with Gasteiger partial charge in [0.25, 0.3) is 0 Å². The van der Waals surface area contributed by atoms with E-state index in [9.17, 15) is 28.2 Å². The quantitative estimate of drug-likeness (QED) is 0.462. The fourth-order valence-electron chi connectivity index (χ4n) is 3.03. The van der Waals surface area contributed by atoms with Gasteiger partial charge in [0, 0.05) is 17.3 Å². The fraction of sp³-hybridized carbons (Fsp3) is 0.200. The molecule has 1 aromatic heterocycles. The lowest BCUT2D eigenvalue weighted by Crippen LogP contribution is -2.23. The molecule has 1 aliphatic carbocycles. The number of phenols is 2. The third-order valence-corrected chi connectivity index (χ3v) is 4.43. The van der Waals surface area contributed by atoms with E-state index < -0.39 is 23.8 Å². The summed E-state index contributed by atoms with van der Waals surface area (Å²) in [5, 5.41) is 19.5. The first kappa shape index (κ1) is 19.5. The summed E-state index contributed by atoms with van der Waals surface area (Å²) in [6, 6.07) is 4.87. The number of halogens is 3. The third-order valence-electron chi connectivity index (χ3n) is 4.43. The second-order valence-corrected chi connectivity index (χ2v) is 6.26. The van der Waals surface area contributed by atoms with Gasteiger partial charge in [-0.05, 0) is 36.8 Å². The van der Waals surface area contributed by atoms with Crippen molar-refractivity contribution >= 4 is 17.9 Å². The largest absolute Gasteiger partial charge is 0.504 e. The van der Waals surface area contributed by atoms with Crippen LogP contribution in [-0.2, 0) is 15.7 Å². The molecule has 146 valence electrons. The van der Waals surface area contributed by atoms with Crippen LogP contribution in [0.2, 0.25) is 0 Å². The smallest absolute Gasteiger partial charge is 0.418 e. The van der Waals surface area contributed by atoms with Gasteiger partial charge in [-0.25, -0.2) is 0 Å². The number of hydrogen-bond donors (Lipinski definition) is 2.